The van der Waals surface area contributed by atoms with Gasteiger partial charge in [0.2, 0.25) is 0 Å². The fourth-order valence-corrected chi connectivity index (χ4v) is 3.84. The Bertz CT molecular complexity index is 648. The Morgan fingerprint density at radius 2 is 2.19 bits per heavy atom. The van der Waals surface area contributed by atoms with Crippen LogP contribution in [0.15, 0.2) is 27.6 Å². The second-order valence-electron chi connectivity index (χ2n) is 5.27. The molecule has 1 saturated heterocycles. The molecule has 0 saturated carbocycles. The number of likely N-dealkylation sites (tertiary alicyclic amines) is 1. The third kappa shape index (κ3) is 3.99. The molecular formula is C14H17BrClNO3S. The maximum atomic E-state index is 12.6. The average molecular weight is 395 g/mol. The lowest BCUT2D eigenvalue weighted by Gasteiger charge is -2.17. The molecule has 0 radical (unpaired) electrons. The summed E-state index contributed by atoms with van der Waals surface area (Å²) < 4.78 is 23.4. The van der Waals surface area contributed by atoms with E-state index in [0.717, 1.165) is 25.8 Å². The molecule has 1 fully saturated rings. The van der Waals surface area contributed by atoms with Gasteiger partial charge in [-0.25, -0.2) is 8.42 Å². The Kier molecular flexibility index (Phi) is 5.33. The lowest BCUT2D eigenvalue weighted by molar-refractivity contribution is 0.0785. The van der Waals surface area contributed by atoms with Crippen molar-refractivity contribution >= 4 is 41.6 Å². The van der Waals surface area contributed by atoms with Gasteiger partial charge in [-0.15, -0.1) is 0 Å². The largest absolute Gasteiger partial charge is 0.338 e. The summed E-state index contributed by atoms with van der Waals surface area (Å²) in [6.45, 7) is 3.58. The maximum absolute atomic E-state index is 12.6. The van der Waals surface area contributed by atoms with Crippen LogP contribution in [0.4, 0.5) is 0 Å². The topological polar surface area (TPSA) is 54.5 Å². The molecule has 1 aliphatic heterocycles. The molecule has 7 heteroatoms. The van der Waals surface area contributed by atoms with Crippen molar-refractivity contribution in [1.29, 1.82) is 0 Å². The van der Waals surface area contributed by atoms with Gasteiger partial charge in [-0.3, -0.25) is 4.79 Å². The highest BCUT2D eigenvalue weighted by Gasteiger charge is 2.28. The van der Waals surface area contributed by atoms with Crippen molar-refractivity contribution in [2.45, 2.75) is 31.1 Å². The van der Waals surface area contributed by atoms with E-state index in [2.05, 4.69) is 22.9 Å². The van der Waals surface area contributed by atoms with Crippen LogP contribution in [0, 0.1) is 5.92 Å². The van der Waals surface area contributed by atoms with Gasteiger partial charge in [-0.05, 0) is 52.9 Å². The summed E-state index contributed by atoms with van der Waals surface area (Å²) >= 11 is 3.31. The van der Waals surface area contributed by atoms with Crippen LogP contribution >= 0.6 is 26.6 Å². The molecule has 1 aromatic carbocycles. The standard InChI is InChI=1S/C14H17BrClNO3S/c1-2-3-10-6-7-17(9-10)14(18)12-8-11(21(16,19)20)4-5-13(12)15/h4-5,8,10H,2-3,6-7,9H2,1H3. The summed E-state index contributed by atoms with van der Waals surface area (Å²) in [7, 11) is 1.51. The van der Waals surface area contributed by atoms with E-state index in [4.69, 9.17) is 10.7 Å². The number of carbonyl (C=O) groups excluding carboxylic acids is 1. The van der Waals surface area contributed by atoms with Crippen LogP contribution in [0.5, 0.6) is 0 Å². The first kappa shape index (κ1) is 16.8. The molecule has 1 aromatic rings. The molecular weight excluding hydrogens is 378 g/mol. The fraction of sp³-hybridized carbons (Fsp3) is 0.500. The van der Waals surface area contributed by atoms with E-state index < -0.39 is 9.05 Å². The molecule has 1 aliphatic rings. The second kappa shape index (κ2) is 6.67. The number of nitrogens with zero attached hydrogens (tertiary/aromatic N) is 1. The highest BCUT2D eigenvalue weighted by Crippen LogP contribution is 2.27. The fourth-order valence-electron chi connectivity index (χ4n) is 2.65. The Morgan fingerprint density at radius 1 is 1.48 bits per heavy atom. The van der Waals surface area contributed by atoms with Gasteiger partial charge in [0.15, 0.2) is 0 Å². The molecule has 4 nitrogen and oxygen atoms in total. The highest BCUT2D eigenvalue weighted by atomic mass is 79.9. The van der Waals surface area contributed by atoms with Crippen molar-refractivity contribution in [2.75, 3.05) is 13.1 Å². The van der Waals surface area contributed by atoms with Gasteiger partial charge < -0.3 is 4.90 Å². The number of benzene rings is 1. The van der Waals surface area contributed by atoms with Crippen LogP contribution in [-0.4, -0.2) is 32.3 Å². The predicted molar refractivity (Wildman–Crippen MR) is 86.1 cm³/mol. The molecule has 1 amide bonds. The van der Waals surface area contributed by atoms with Crippen molar-refractivity contribution < 1.29 is 13.2 Å². The SMILES string of the molecule is CCCC1CCN(C(=O)c2cc(S(=O)(=O)Cl)ccc2Br)C1. The van der Waals surface area contributed by atoms with Crippen molar-refractivity contribution in [3.05, 3.63) is 28.2 Å². The normalized spacial score (nSPS) is 19.0. The van der Waals surface area contributed by atoms with Gasteiger partial charge in [0.05, 0.1) is 10.5 Å². The Labute approximate surface area is 138 Å². The summed E-state index contributed by atoms with van der Waals surface area (Å²) in [5.74, 6) is 0.389. The Hall–Kier alpha value is -0.590. The smallest absolute Gasteiger partial charge is 0.261 e. The van der Waals surface area contributed by atoms with Gasteiger partial charge in [0.1, 0.15) is 0 Å². The van der Waals surface area contributed by atoms with Gasteiger partial charge in [-0.1, -0.05) is 13.3 Å². The lowest BCUT2D eigenvalue weighted by atomic mass is 10.0. The minimum atomic E-state index is -3.84. The van der Waals surface area contributed by atoms with Crippen molar-refractivity contribution in [2.24, 2.45) is 5.92 Å². The van der Waals surface area contributed by atoms with Crippen LogP contribution < -0.4 is 0 Å². The molecule has 1 unspecified atom stereocenters. The number of hydrogen-bond acceptors (Lipinski definition) is 3. The van der Waals surface area contributed by atoms with Crippen LogP contribution in [0.25, 0.3) is 0 Å². The second-order valence-corrected chi connectivity index (χ2v) is 8.69. The van der Waals surface area contributed by atoms with Gasteiger partial charge in [-0.2, -0.15) is 0 Å². The van der Waals surface area contributed by atoms with E-state index in [1.807, 2.05) is 0 Å². The Morgan fingerprint density at radius 3 is 2.81 bits per heavy atom. The summed E-state index contributed by atoms with van der Waals surface area (Å²) in [6.07, 6.45) is 3.22. The number of carbonyl (C=O) groups is 1. The quantitative estimate of drug-likeness (QED) is 0.733. The number of amides is 1. The van der Waals surface area contributed by atoms with Gasteiger partial charge in [0.25, 0.3) is 15.0 Å². The summed E-state index contributed by atoms with van der Waals surface area (Å²) in [6, 6.07) is 4.26. The zero-order valence-electron chi connectivity index (χ0n) is 11.7. The van der Waals surface area contributed by atoms with E-state index in [0.29, 0.717) is 22.5 Å². The van der Waals surface area contributed by atoms with E-state index >= 15 is 0 Å². The molecule has 0 aromatic heterocycles. The number of hydrogen-bond donors (Lipinski definition) is 0. The predicted octanol–water partition coefficient (Wildman–Crippen LogP) is 3.64. The Balaban J connectivity index is 2.24. The van der Waals surface area contributed by atoms with Crippen molar-refractivity contribution in [3.63, 3.8) is 0 Å². The summed E-state index contributed by atoms with van der Waals surface area (Å²) in [5, 5.41) is 0. The van der Waals surface area contributed by atoms with E-state index in [1.165, 1.54) is 12.1 Å². The molecule has 2 rings (SSSR count). The van der Waals surface area contributed by atoms with Crippen LogP contribution in [0.3, 0.4) is 0 Å². The minimum absolute atomic E-state index is 0.0555. The third-order valence-electron chi connectivity index (χ3n) is 3.72. The van der Waals surface area contributed by atoms with Crippen LogP contribution in [0.2, 0.25) is 0 Å². The molecule has 0 N–H and O–H groups in total. The van der Waals surface area contributed by atoms with Crippen molar-refractivity contribution in [3.8, 4) is 0 Å². The minimum Gasteiger partial charge on any atom is -0.338 e. The van der Waals surface area contributed by atoms with Crippen LogP contribution in [-0.2, 0) is 9.05 Å². The molecule has 1 atom stereocenters. The molecule has 21 heavy (non-hydrogen) atoms. The molecule has 0 spiro atoms. The first-order valence-electron chi connectivity index (χ1n) is 6.86. The van der Waals surface area contributed by atoms with Crippen molar-refractivity contribution in [1.82, 2.24) is 4.90 Å². The van der Waals surface area contributed by atoms with Crippen LogP contribution in [0.1, 0.15) is 36.5 Å². The number of rotatable bonds is 4. The van der Waals surface area contributed by atoms with E-state index in [1.54, 1.807) is 11.0 Å². The average Bonchev–Trinajstić information content (AvgIpc) is 2.86. The molecule has 1 heterocycles. The van der Waals surface area contributed by atoms with Gasteiger partial charge >= 0.3 is 0 Å². The third-order valence-corrected chi connectivity index (χ3v) is 5.76. The highest BCUT2D eigenvalue weighted by molar-refractivity contribution is 9.10. The molecule has 0 bridgehead atoms. The zero-order valence-corrected chi connectivity index (χ0v) is 14.8. The summed E-state index contributed by atoms with van der Waals surface area (Å²) in [4.78, 5) is 14.3. The maximum Gasteiger partial charge on any atom is 0.261 e. The number of halogens is 2. The monoisotopic (exact) mass is 393 g/mol. The molecule has 0 aliphatic carbocycles. The van der Waals surface area contributed by atoms with E-state index in [-0.39, 0.29) is 10.8 Å². The summed E-state index contributed by atoms with van der Waals surface area (Å²) in [5.41, 5.74) is 0.342. The van der Waals surface area contributed by atoms with E-state index in [9.17, 15) is 13.2 Å². The lowest BCUT2D eigenvalue weighted by Crippen LogP contribution is -2.29. The van der Waals surface area contributed by atoms with Gasteiger partial charge in [0, 0.05) is 28.2 Å². The molecule has 116 valence electrons. The first-order chi connectivity index (χ1) is 9.82. The first-order valence-corrected chi connectivity index (χ1v) is 9.96. The zero-order chi connectivity index (χ0) is 15.6.